The largest absolute Gasteiger partial charge is 0.484 e. The molecule has 0 radical (unpaired) electrons. The molecule has 2 aromatic carbocycles. The van der Waals surface area contributed by atoms with Gasteiger partial charge in [0, 0.05) is 16.1 Å². The van der Waals surface area contributed by atoms with E-state index in [1.807, 2.05) is 12.1 Å². The Morgan fingerprint density at radius 1 is 0.781 bits per heavy atom. The molecule has 6 nitrogen and oxygen atoms in total. The Kier molecular flexibility index (Phi) is 5.49. The first-order valence-corrected chi connectivity index (χ1v) is 11.6. The van der Waals surface area contributed by atoms with Crippen molar-refractivity contribution in [3.05, 3.63) is 58.6 Å². The van der Waals surface area contributed by atoms with Crippen LogP contribution in [-0.4, -0.2) is 36.1 Å². The zero-order chi connectivity index (χ0) is 22.2. The highest BCUT2D eigenvalue weighted by atomic mass is 35.5. The second-order valence-electron chi connectivity index (χ2n) is 9.30. The summed E-state index contributed by atoms with van der Waals surface area (Å²) < 4.78 is 11.3. The molecule has 32 heavy (non-hydrogen) atoms. The first-order valence-electron chi connectivity index (χ1n) is 11.2. The summed E-state index contributed by atoms with van der Waals surface area (Å²) in [4.78, 5) is 25.1. The van der Waals surface area contributed by atoms with E-state index in [-0.39, 0.29) is 36.1 Å². The predicted octanol–water partition coefficient (Wildman–Crippen LogP) is 3.58. The summed E-state index contributed by atoms with van der Waals surface area (Å²) in [6.07, 6.45) is 6.38. The molecular formula is C25H27ClN2O4. The van der Waals surface area contributed by atoms with Crippen molar-refractivity contribution in [2.75, 3.05) is 13.2 Å². The molecule has 3 aliphatic carbocycles. The van der Waals surface area contributed by atoms with Crippen LogP contribution in [0.3, 0.4) is 0 Å². The van der Waals surface area contributed by atoms with Crippen molar-refractivity contribution in [1.82, 2.24) is 10.6 Å². The number of ether oxygens (including phenoxy) is 2. The molecule has 2 bridgehead atoms. The van der Waals surface area contributed by atoms with Gasteiger partial charge >= 0.3 is 0 Å². The number of hydrogen-bond donors (Lipinski definition) is 2. The van der Waals surface area contributed by atoms with Crippen LogP contribution in [0.5, 0.6) is 11.5 Å². The molecule has 2 saturated carbocycles. The maximum Gasteiger partial charge on any atom is 0.258 e. The number of aryl methyl sites for hydroxylation is 2. The first kappa shape index (κ1) is 21.1. The van der Waals surface area contributed by atoms with Gasteiger partial charge in [-0.1, -0.05) is 17.7 Å². The number of amides is 2. The van der Waals surface area contributed by atoms with Crippen LogP contribution >= 0.6 is 11.6 Å². The lowest BCUT2D eigenvalue weighted by Crippen LogP contribution is -2.48. The maximum atomic E-state index is 12.6. The minimum absolute atomic E-state index is 0.00876. The topological polar surface area (TPSA) is 76.7 Å². The van der Waals surface area contributed by atoms with E-state index in [1.165, 1.54) is 11.1 Å². The Labute approximate surface area is 192 Å². The second-order valence-corrected chi connectivity index (χ2v) is 9.73. The van der Waals surface area contributed by atoms with Crippen molar-refractivity contribution in [2.45, 2.75) is 56.0 Å². The smallest absolute Gasteiger partial charge is 0.258 e. The molecule has 0 aliphatic heterocycles. The maximum absolute atomic E-state index is 12.6. The fourth-order valence-electron chi connectivity index (χ4n) is 5.30. The van der Waals surface area contributed by atoms with Crippen LogP contribution in [0, 0.1) is 0 Å². The average molecular weight is 455 g/mol. The fraction of sp³-hybridized carbons (Fsp3) is 0.440. The van der Waals surface area contributed by atoms with E-state index in [4.69, 9.17) is 21.1 Å². The van der Waals surface area contributed by atoms with Crippen LogP contribution < -0.4 is 20.1 Å². The monoisotopic (exact) mass is 454 g/mol. The Bertz CT molecular complexity index is 1030. The molecule has 7 heteroatoms. The lowest BCUT2D eigenvalue weighted by molar-refractivity contribution is -0.125. The summed E-state index contributed by atoms with van der Waals surface area (Å²) in [5.41, 5.74) is 2.16. The van der Waals surface area contributed by atoms with E-state index in [0.717, 1.165) is 50.7 Å². The third kappa shape index (κ3) is 4.42. The molecule has 5 rings (SSSR count). The quantitative estimate of drug-likeness (QED) is 0.639. The summed E-state index contributed by atoms with van der Waals surface area (Å²) in [6.45, 7) is -0.0355. The summed E-state index contributed by atoms with van der Waals surface area (Å²) in [7, 11) is 0. The number of hydrogen-bond acceptors (Lipinski definition) is 4. The Morgan fingerprint density at radius 3 is 1.84 bits per heavy atom. The van der Waals surface area contributed by atoms with Crippen molar-refractivity contribution in [1.29, 1.82) is 0 Å². The molecule has 0 unspecified atom stereocenters. The Balaban J connectivity index is 1.09. The van der Waals surface area contributed by atoms with Gasteiger partial charge in [-0.25, -0.2) is 0 Å². The minimum Gasteiger partial charge on any atom is -0.484 e. The number of fused-ring (bicyclic) bond motifs is 3. The van der Waals surface area contributed by atoms with Gasteiger partial charge in [0.05, 0.1) is 0 Å². The van der Waals surface area contributed by atoms with Crippen molar-refractivity contribution in [2.24, 2.45) is 0 Å². The van der Waals surface area contributed by atoms with Crippen LogP contribution in [0.25, 0.3) is 0 Å². The van der Waals surface area contributed by atoms with Gasteiger partial charge in [-0.15, -0.1) is 0 Å². The highest BCUT2D eigenvalue weighted by Gasteiger charge is 2.55. The van der Waals surface area contributed by atoms with Gasteiger partial charge in [0.2, 0.25) is 0 Å². The predicted molar refractivity (Wildman–Crippen MR) is 121 cm³/mol. The molecule has 0 spiro atoms. The van der Waals surface area contributed by atoms with Gasteiger partial charge in [0.25, 0.3) is 11.8 Å². The summed E-state index contributed by atoms with van der Waals surface area (Å²) >= 11 is 5.87. The highest BCUT2D eigenvalue weighted by Crippen LogP contribution is 2.50. The molecule has 2 aromatic rings. The molecule has 2 amide bonds. The first-order chi connectivity index (χ1) is 15.4. The Hall–Kier alpha value is -2.73. The normalized spacial score (nSPS) is 24.9. The van der Waals surface area contributed by atoms with E-state index in [2.05, 4.69) is 16.7 Å². The number of nitrogens with one attached hydrogen (secondary N) is 2. The van der Waals surface area contributed by atoms with Crippen LogP contribution in [0.2, 0.25) is 5.02 Å². The van der Waals surface area contributed by atoms with E-state index >= 15 is 0 Å². The van der Waals surface area contributed by atoms with Gasteiger partial charge in [-0.2, -0.15) is 0 Å². The summed E-state index contributed by atoms with van der Waals surface area (Å²) in [6, 6.07) is 13.0. The number of carbonyl (C=O) groups excluding carboxylic acids is 2. The molecule has 0 heterocycles. The van der Waals surface area contributed by atoms with Crippen molar-refractivity contribution in [3.8, 4) is 11.5 Å². The minimum atomic E-state index is -0.268. The number of carbonyl (C=O) groups is 2. The molecule has 2 N–H and O–H groups in total. The van der Waals surface area contributed by atoms with Crippen LogP contribution in [-0.2, 0) is 22.4 Å². The van der Waals surface area contributed by atoms with Crippen molar-refractivity contribution >= 4 is 23.4 Å². The molecule has 0 saturated heterocycles. The molecule has 3 aliphatic rings. The van der Waals surface area contributed by atoms with Gasteiger partial charge in [0.15, 0.2) is 13.2 Å². The van der Waals surface area contributed by atoms with Crippen molar-refractivity contribution in [3.63, 3.8) is 0 Å². The van der Waals surface area contributed by atoms with Crippen LogP contribution in [0.4, 0.5) is 0 Å². The van der Waals surface area contributed by atoms with Gasteiger partial charge in [-0.05, 0) is 92.5 Å². The third-order valence-electron chi connectivity index (χ3n) is 7.05. The van der Waals surface area contributed by atoms with E-state index in [9.17, 15) is 9.59 Å². The fourth-order valence-corrected chi connectivity index (χ4v) is 5.43. The molecule has 168 valence electrons. The standard InChI is InChI=1S/C25H27ClN2O4/c26-19-4-7-20(8-5-19)31-14-22(29)27-24-9-11-25(16-24,12-10-24)28-23(30)15-32-21-6-3-17-1-2-18(17)13-21/h3-8,13H,1-2,9-12,14-16H2,(H,27,29)(H,28,30). The van der Waals surface area contributed by atoms with Crippen molar-refractivity contribution < 1.29 is 19.1 Å². The number of halogens is 1. The average Bonchev–Trinajstić information content (AvgIpc) is 3.28. The molecular weight excluding hydrogens is 428 g/mol. The SMILES string of the molecule is O=C(COc1ccc(Cl)cc1)NC12CCC(NC(=O)COc3ccc4c(c3)CC4)(CC1)C2. The van der Waals surface area contributed by atoms with E-state index in [0.29, 0.717) is 10.8 Å². The molecule has 0 aromatic heterocycles. The lowest BCUT2D eigenvalue weighted by Gasteiger charge is -2.29. The van der Waals surface area contributed by atoms with Crippen LogP contribution in [0.15, 0.2) is 42.5 Å². The van der Waals surface area contributed by atoms with Gasteiger partial charge in [-0.3, -0.25) is 9.59 Å². The summed E-state index contributed by atoms with van der Waals surface area (Å²) in [5.74, 6) is 1.10. The molecule has 2 fully saturated rings. The Morgan fingerprint density at radius 2 is 1.31 bits per heavy atom. The highest BCUT2D eigenvalue weighted by molar-refractivity contribution is 6.30. The van der Waals surface area contributed by atoms with E-state index < -0.39 is 0 Å². The van der Waals surface area contributed by atoms with Gasteiger partial charge < -0.3 is 20.1 Å². The third-order valence-corrected chi connectivity index (χ3v) is 7.30. The number of rotatable bonds is 8. The molecule has 0 atom stereocenters. The van der Waals surface area contributed by atoms with E-state index in [1.54, 1.807) is 24.3 Å². The zero-order valence-electron chi connectivity index (χ0n) is 17.9. The van der Waals surface area contributed by atoms with Crippen LogP contribution in [0.1, 0.15) is 43.2 Å². The summed E-state index contributed by atoms with van der Waals surface area (Å²) in [5, 5.41) is 6.99. The second kappa shape index (κ2) is 8.32. The number of benzene rings is 2. The zero-order valence-corrected chi connectivity index (χ0v) is 18.7. The lowest BCUT2D eigenvalue weighted by atomic mass is 9.89. The van der Waals surface area contributed by atoms with Gasteiger partial charge in [0.1, 0.15) is 11.5 Å².